The van der Waals surface area contributed by atoms with E-state index in [-0.39, 0.29) is 27.7 Å². The number of hydrogen-bond donors (Lipinski definition) is 2. The fourth-order valence-electron chi connectivity index (χ4n) is 4.00. The number of aromatic hydroxyl groups is 1. The highest BCUT2D eigenvalue weighted by molar-refractivity contribution is 9.10. The van der Waals surface area contributed by atoms with Crippen LogP contribution in [0.1, 0.15) is 43.7 Å². The van der Waals surface area contributed by atoms with Crippen molar-refractivity contribution in [2.24, 2.45) is 5.92 Å². The molecule has 0 unspecified atom stereocenters. The average Bonchev–Trinajstić information content (AvgIpc) is 2.58. The summed E-state index contributed by atoms with van der Waals surface area (Å²) in [5, 5.41) is 13.7. The number of halogens is 3. The molecule has 1 saturated carbocycles. The van der Waals surface area contributed by atoms with Gasteiger partial charge in [-0.05, 0) is 40.8 Å². The summed E-state index contributed by atoms with van der Waals surface area (Å²) >= 11 is 3.16. The third-order valence-corrected chi connectivity index (χ3v) is 5.72. The molecule has 2 fully saturated rings. The number of piperazine rings is 1. The van der Waals surface area contributed by atoms with Crippen molar-refractivity contribution >= 4 is 15.9 Å². The molecule has 6 heteroatoms. The second kappa shape index (κ2) is 7.45. The van der Waals surface area contributed by atoms with Crippen molar-refractivity contribution in [2.75, 3.05) is 26.2 Å². The Balaban J connectivity index is 2.03. The molecule has 1 saturated heterocycles. The minimum absolute atomic E-state index is 0.130. The van der Waals surface area contributed by atoms with Crippen molar-refractivity contribution in [3.63, 3.8) is 0 Å². The van der Waals surface area contributed by atoms with E-state index in [1.807, 2.05) is 0 Å². The molecule has 1 aromatic carbocycles. The van der Waals surface area contributed by atoms with Gasteiger partial charge in [-0.2, -0.15) is 0 Å². The molecular weight excluding hydrogens is 366 g/mol. The zero-order valence-corrected chi connectivity index (χ0v) is 14.7. The van der Waals surface area contributed by atoms with E-state index in [1.165, 1.54) is 6.42 Å². The van der Waals surface area contributed by atoms with Gasteiger partial charge in [0, 0.05) is 32.2 Å². The van der Waals surface area contributed by atoms with E-state index in [4.69, 9.17) is 0 Å². The number of benzene rings is 1. The van der Waals surface area contributed by atoms with Gasteiger partial charge in [-0.15, -0.1) is 0 Å². The van der Waals surface area contributed by atoms with Crippen LogP contribution in [0.4, 0.5) is 8.78 Å². The Hall–Kier alpha value is -0.720. The highest BCUT2D eigenvalue weighted by Crippen LogP contribution is 2.45. The maximum absolute atomic E-state index is 14.6. The van der Waals surface area contributed by atoms with Gasteiger partial charge < -0.3 is 10.4 Å². The van der Waals surface area contributed by atoms with Gasteiger partial charge in [0.2, 0.25) is 0 Å². The number of nitrogens with zero attached hydrogens (tertiary/aromatic N) is 1. The van der Waals surface area contributed by atoms with E-state index in [1.54, 1.807) is 0 Å². The minimum Gasteiger partial charge on any atom is -0.506 e. The maximum Gasteiger partial charge on any atom is 0.167 e. The Labute approximate surface area is 144 Å². The van der Waals surface area contributed by atoms with Crippen LogP contribution in [0.2, 0.25) is 0 Å². The van der Waals surface area contributed by atoms with Gasteiger partial charge in [-0.1, -0.05) is 19.3 Å². The monoisotopic (exact) mass is 388 g/mol. The molecule has 0 bridgehead atoms. The molecule has 1 heterocycles. The van der Waals surface area contributed by atoms with Gasteiger partial charge in [-0.3, -0.25) is 4.90 Å². The Morgan fingerprint density at radius 2 is 1.83 bits per heavy atom. The Kier molecular flexibility index (Phi) is 5.54. The molecular formula is C17H23BrF2N2O. The third-order valence-electron chi connectivity index (χ3n) is 5.12. The fourth-order valence-corrected chi connectivity index (χ4v) is 4.42. The van der Waals surface area contributed by atoms with Crippen LogP contribution >= 0.6 is 15.9 Å². The number of rotatable bonds is 3. The predicted octanol–water partition coefficient (Wildman–Crippen LogP) is 3.96. The van der Waals surface area contributed by atoms with Gasteiger partial charge in [-0.25, -0.2) is 8.78 Å². The quantitative estimate of drug-likeness (QED) is 0.769. The van der Waals surface area contributed by atoms with Gasteiger partial charge in [0.15, 0.2) is 11.6 Å². The molecule has 2 aliphatic rings. The van der Waals surface area contributed by atoms with Crippen LogP contribution in [0, 0.1) is 17.6 Å². The standard InChI is InChI=1S/C17H23BrF2N2O/c18-12-10-13(19)15(20)14(17(12)23)16(11-4-2-1-3-5-11)22-8-6-21-7-9-22/h10-11,16,21,23H,1-9H2/t16-/m0/s1. The molecule has 128 valence electrons. The Bertz CT molecular complexity index is 514. The normalized spacial score (nSPS) is 22.2. The first-order valence-corrected chi connectivity index (χ1v) is 9.20. The second-order valence-corrected chi connectivity index (χ2v) is 7.40. The smallest absolute Gasteiger partial charge is 0.167 e. The van der Waals surface area contributed by atoms with E-state index >= 15 is 0 Å². The first-order valence-electron chi connectivity index (χ1n) is 8.40. The number of nitrogens with one attached hydrogen (secondary N) is 1. The lowest BCUT2D eigenvalue weighted by Gasteiger charge is -2.41. The van der Waals surface area contributed by atoms with E-state index in [2.05, 4.69) is 26.1 Å². The molecule has 1 aromatic rings. The molecule has 23 heavy (non-hydrogen) atoms. The van der Waals surface area contributed by atoms with E-state index in [9.17, 15) is 13.9 Å². The van der Waals surface area contributed by atoms with Gasteiger partial charge in [0.05, 0.1) is 10.0 Å². The largest absolute Gasteiger partial charge is 0.506 e. The topological polar surface area (TPSA) is 35.5 Å². The molecule has 0 aromatic heterocycles. The third kappa shape index (κ3) is 3.54. The van der Waals surface area contributed by atoms with Crippen LogP contribution in [-0.4, -0.2) is 36.2 Å². The molecule has 3 rings (SSSR count). The molecule has 3 nitrogen and oxygen atoms in total. The SMILES string of the molecule is Oc1c(Br)cc(F)c(F)c1[C@H](C1CCCCC1)N1CCNCC1. The lowest BCUT2D eigenvalue weighted by atomic mass is 9.79. The van der Waals surface area contributed by atoms with Crippen LogP contribution in [0.5, 0.6) is 5.75 Å². The summed E-state index contributed by atoms with van der Waals surface area (Å²) in [6.45, 7) is 3.24. The highest BCUT2D eigenvalue weighted by atomic mass is 79.9. The van der Waals surface area contributed by atoms with Crippen molar-refractivity contribution in [3.05, 3.63) is 27.7 Å². The minimum atomic E-state index is -0.903. The Morgan fingerprint density at radius 1 is 1.17 bits per heavy atom. The first kappa shape index (κ1) is 17.1. The van der Waals surface area contributed by atoms with Crippen LogP contribution in [0.3, 0.4) is 0 Å². The van der Waals surface area contributed by atoms with Crippen LogP contribution < -0.4 is 5.32 Å². The van der Waals surface area contributed by atoms with Gasteiger partial charge in [0.25, 0.3) is 0 Å². The molecule has 0 radical (unpaired) electrons. The van der Waals surface area contributed by atoms with Crippen LogP contribution in [-0.2, 0) is 0 Å². The number of hydrogen-bond acceptors (Lipinski definition) is 3. The first-order chi connectivity index (χ1) is 11.1. The molecule has 0 spiro atoms. The summed E-state index contributed by atoms with van der Waals surface area (Å²) in [5.74, 6) is -1.70. The van der Waals surface area contributed by atoms with Crippen LogP contribution in [0.25, 0.3) is 0 Å². The fraction of sp³-hybridized carbons (Fsp3) is 0.647. The number of phenolic OH excluding ortho intramolecular Hbond substituents is 1. The van der Waals surface area contributed by atoms with Crippen LogP contribution in [0.15, 0.2) is 10.5 Å². The lowest BCUT2D eigenvalue weighted by Crippen LogP contribution is -2.47. The van der Waals surface area contributed by atoms with E-state index in [0.29, 0.717) is 0 Å². The summed E-state index contributed by atoms with van der Waals surface area (Å²) in [7, 11) is 0. The van der Waals surface area contributed by atoms with Crippen molar-refractivity contribution in [1.82, 2.24) is 10.2 Å². The molecule has 1 aliphatic heterocycles. The zero-order valence-electron chi connectivity index (χ0n) is 13.1. The summed E-state index contributed by atoms with van der Waals surface area (Å²) in [6, 6.07) is 0.744. The zero-order chi connectivity index (χ0) is 16.4. The summed E-state index contributed by atoms with van der Waals surface area (Å²) in [6.07, 6.45) is 5.44. The molecule has 1 aliphatic carbocycles. The second-order valence-electron chi connectivity index (χ2n) is 6.55. The van der Waals surface area contributed by atoms with Crippen molar-refractivity contribution in [1.29, 1.82) is 0 Å². The van der Waals surface area contributed by atoms with E-state index < -0.39 is 11.6 Å². The summed E-state index contributed by atoms with van der Waals surface area (Å²) in [4.78, 5) is 2.20. The van der Waals surface area contributed by atoms with E-state index in [0.717, 1.165) is 57.9 Å². The number of phenols is 1. The molecule has 0 amide bonds. The summed E-state index contributed by atoms with van der Waals surface area (Å²) in [5.41, 5.74) is 0.130. The van der Waals surface area contributed by atoms with Gasteiger partial charge in [0.1, 0.15) is 5.75 Å². The van der Waals surface area contributed by atoms with Crippen molar-refractivity contribution < 1.29 is 13.9 Å². The lowest BCUT2D eigenvalue weighted by molar-refractivity contribution is 0.0977. The van der Waals surface area contributed by atoms with Crippen molar-refractivity contribution in [3.8, 4) is 5.75 Å². The average molecular weight is 389 g/mol. The predicted molar refractivity (Wildman–Crippen MR) is 89.5 cm³/mol. The Morgan fingerprint density at radius 3 is 2.48 bits per heavy atom. The molecule has 2 N–H and O–H groups in total. The highest BCUT2D eigenvalue weighted by Gasteiger charge is 2.36. The maximum atomic E-state index is 14.6. The van der Waals surface area contributed by atoms with Gasteiger partial charge >= 0.3 is 0 Å². The summed E-state index contributed by atoms with van der Waals surface area (Å²) < 4.78 is 28.8. The molecule has 1 atom stereocenters. The van der Waals surface area contributed by atoms with Crippen molar-refractivity contribution in [2.45, 2.75) is 38.1 Å².